The molecule has 1 aromatic carbocycles. The highest BCUT2D eigenvalue weighted by molar-refractivity contribution is 6.31. The van der Waals surface area contributed by atoms with Gasteiger partial charge in [-0.1, -0.05) is 24.6 Å². The Labute approximate surface area is 124 Å². The standard InChI is InChI=1S/C16H19ClN2O/c1-3-15(18)16(12-5-4-8-19-10-12)20-13-6-7-14(17)11(2)9-13/h4-10,15-16H,3,18H2,1-2H3. The first-order valence-electron chi connectivity index (χ1n) is 6.70. The van der Waals surface area contributed by atoms with Crippen molar-refractivity contribution >= 4 is 11.6 Å². The molecule has 20 heavy (non-hydrogen) atoms. The topological polar surface area (TPSA) is 48.1 Å². The van der Waals surface area contributed by atoms with Gasteiger partial charge in [0.25, 0.3) is 0 Å². The fourth-order valence-electron chi connectivity index (χ4n) is 2.00. The summed E-state index contributed by atoms with van der Waals surface area (Å²) in [6.45, 7) is 4.00. The summed E-state index contributed by atoms with van der Waals surface area (Å²) >= 11 is 6.03. The molecule has 2 atom stereocenters. The number of nitrogens with two attached hydrogens (primary N) is 1. The van der Waals surface area contributed by atoms with Crippen LogP contribution in [0.15, 0.2) is 42.7 Å². The van der Waals surface area contributed by atoms with Crippen molar-refractivity contribution in [3.05, 3.63) is 58.9 Å². The van der Waals surface area contributed by atoms with Crippen molar-refractivity contribution in [3.8, 4) is 5.75 Å². The Morgan fingerprint density at radius 1 is 1.35 bits per heavy atom. The molecular formula is C16H19ClN2O. The van der Waals surface area contributed by atoms with Gasteiger partial charge in [-0.3, -0.25) is 4.98 Å². The third-order valence-corrected chi connectivity index (χ3v) is 3.69. The number of aromatic nitrogens is 1. The zero-order valence-corrected chi connectivity index (χ0v) is 12.5. The zero-order valence-electron chi connectivity index (χ0n) is 11.7. The van der Waals surface area contributed by atoms with Crippen LogP contribution in [0.2, 0.25) is 5.02 Å². The molecule has 0 fully saturated rings. The minimum Gasteiger partial charge on any atom is -0.484 e. The maximum Gasteiger partial charge on any atom is 0.140 e. The van der Waals surface area contributed by atoms with E-state index in [-0.39, 0.29) is 12.1 Å². The number of ether oxygens (including phenoxy) is 1. The number of aryl methyl sites for hydroxylation is 1. The molecule has 1 aromatic heterocycles. The molecule has 0 aliphatic rings. The van der Waals surface area contributed by atoms with Gasteiger partial charge in [0, 0.05) is 29.0 Å². The normalized spacial score (nSPS) is 13.8. The molecule has 2 N–H and O–H groups in total. The number of nitrogens with zero attached hydrogens (tertiary/aromatic N) is 1. The summed E-state index contributed by atoms with van der Waals surface area (Å²) in [7, 11) is 0. The van der Waals surface area contributed by atoms with Crippen LogP contribution in [0.1, 0.15) is 30.6 Å². The quantitative estimate of drug-likeness (QED) is 0.908. The second-order valence-corrected chi connectivity index (χ2v) is 5.22. The van der Waals surface area contributed by atoms with E-state index in [1.807, 2.05) is 44.2 Å². The lowest BCUT2D eigenvalue weighted by molar-refractivity contribution is 0.170. The van der Waals surface area contributed by atoms with Crippen molar-refractivity contribution < 1.29 is 4.74 Å². The molecule has 3 nitrogen and oxygen atoms in total. The highest BCUT2D eigenvalue weighted by atomic mass is 35.5. The van der Waals surface area contributed by atoms with Crippen molar-refractivity contribution in [2.24, 2.45) is 5.73 Å². The molecule has 0 bridgehead atoms. The molecule has 2 aromatic rings. The Morgan fingerprint density at radius 2 is 2.15 bits per heavy atom. The number of halogens is 1. The van der Waals surface area contributed by atoms with Crippen molar-refractivity contribution in [2.45, 2.75) is 32.4 Å². The van der Waals surface area contributed by atoms with Crippen LogP contribution in [0.4, 0.5) is 0 Å². The molecule has 0 amide bonds. The molecule has 0 aliphatic heterocycles. The van der Waals surface area contributed by atoms with Gasteiger partial charge in [-0.2, -0.15) is 0 Å². The van der Waals surface area contributed by atoms with Gasteiger partial charge in [0.2, 0.25) is 0 Å². The molecule has 1 heterocycles. The molecule has 0 saturated heterocycles. The average Bonchev–Trinajstić information content (AvgIpc) is 2.48. The Balaban J connectivity index is 2.26. The molecule has 106 valence electrons. The van der Waals surface area contributed by atoms with E-state index in [0.717, 1.165) is 28.3 Å². The molecule has 2 rings (SSSR count). The van der Waals surface area contributed by atoms with Crippen LogP contribution in [0.3, 0.4) is 0 Å². The van der Waals surface area contributed by atoms with Gasteiger partial charge in [0.15, 0.2) is 0 Å². The minimum atomic E-state index is -0.214. The van der Waals surface area contributed by atoms with E-state index in [4.69, 9.17) is 22.1 Å². The third-order valence-electron chi connectivity index (χ3n) is 3.27. The van der Waals surface area contributed by atoms with E-state index in [2.05, 4.69) is 4.98 Å². The molecular weight excluding hydrogens is 272 g/mol. The number of pyridine rings is 1. The van der Waals surface area contributed by atoms with E-state index in [1.54, 1.807) is 12.4 Å². The summed E-state index contributed by atoms with van der Waals surface area (Å²) in [6.07, 6.45) is 4.15. The predicted octanol–water partition coefficient (Wildman–Crippen LogP) is 3.90. The van der Waals surface area contributed by atoms with E-state index < -0.39 is 0 Å². The predicted molar refractivity (Wildman–Crippen MR) is 82.1 cm³/mol. The summed E-state index contributed by atoms with van der Waals surface area (Å²) in [5.74, 6) is 0.768. The molecule has 4 heteroatoms. The summed E-state index contributed by atoms with van der Waals surface area (Å²) in [6, 6.07) is 9.41. The van der Waals surface area contributed by atoms with E-state index >= 15 is 0 Å². The molecule has 0 saturated carbocycles. The first-order valence-corrected chi connectivity index (χ1v) is 7.08. The second kappa shape index (κ2) is 6.73. The van der Waals surface area contributed by atoms with Gasteiger partial charge in [-0.25, -0.2) is 0 Å². The van der Waals surface area contributed by atoms with Crippen molar-refractivity contribution in [1.82, 2.24) is 4.98 Å². The molecule has 0 aliphatic carbocycles. The Hall–Kier alpha value is -1.58. The molecule has 0 radical (unpaired) electrons. The zero-order chi connectivity index (χ0) is 14.5. The largest absolute Gasteiger partial charge is 0.484 e. The highest BCUT2D eigenvalue weighted by Gasteiger charge is 2.20. The third kappa shape index (κ3) is 3.50. The lowest BCUT2D eigenvalue weighted by atomic mass is 10.0. The smallest absolute Gasteiger partial charge is 0.140 e. The van der Waals surface area contributed by atoms with E-state index in [1.165, 1.54) is 0 Å². The Morgan fingerprint density at radius 3 is 2.75 bits per heavy atom. The maximum absolute atomic E-state index is 6.19. The maximum atomic E-state index is 6.19. The highest BCUT2D eigenvalue weighted by Crippen LogP contribution is 2.27. The van der Waals surface area contributed by atoms with Crippen molar-refractivity contribution in [1.29, 1.82) is 0 Å². The fourth-order valence-corrected chi connectivity index (χ4v) is 2.12. The monoisotopic (exact) mass is 290 g/mol. The van der Waals surface area contributed by atoms with Crippen LogP contribution in [0.5, 0.6) is 5.75 Å². The van der Waals surface area contributed by atoms with Gasteiger partial charge >= 0.3 is 0 Å². The lowest BCUT2D eigenvalue weighted by Gasteiger charge is -2.24. The van der Waals surface area contributed by atoms with Crippen molar-refractivity contribution in [3.63, 3.8) is 0 Å². The summed E-state index contributed by atoms with van der Waals surface area (Å²) < 4.78 is 6.07. The van der Waals surface area contributed by atoms with Crippen LogP contribution in [-0.2, 0) is 0 Å². The summed E-state index contributed by atoms with van der Waals surface area (Å²) in [4.78, 5) is 4.14. The summed E-state index contributed by atoms with van der Waals surface area (Å²) in [5.41, 5.74) is 8.15. The number of rotatable bonds is 5. The second-order valence-electron chi connectivity index (χ2n) is 4.81. The average molecular weight is 291 g/mol. The number of hydrogen-bond acceptors (Lipinski definition) is 3. The molecule has 2 unspecified atom stereocenters. The summed E-state index contributed by atoms with van der Waals surface area (Å²) in [5, 5.41) is 0.732. The van der Waals surface area contributed by atoms with Gasteiger partial charge in [0.05, 0.1) is 0 Å². The van der Waals surface area contributed by atoms with Gasteiger partial charge in [-0.15, -0.1) is 0 Å². The molecule has 0 spiro atoms. The van der Waals surface area contributed by atoms with Gasteiger partial charge < -0.3 is 10.5 Å². The van der Waals surface area contributed by atoms with Crippen LogP contribution < -0.4 is 10.5 Å². The van der Waals surface area contributed by atoms with Crippen LogP contribution in [-0.4, -0.2) is 11.0 Å². The number of hydrogen-bond donors (Lipinski definition) is 1. The van der Waals surface area contributed by atoms with Gasteiger partial charge in [0.1, 0.15) is 11.9 Å². The lowest BCUT2D eigenvalue weighted by Crippen LogP contribution is -2.31. The van der Waals surface area contributed by atoms with E-state index in [9.17, 15) is 0 Å². The SMILES string of the molecule is CCC(N)C(Oc1ccc(Cl)c(C)c1)c1cccnc1. The first kappa shape index (κ1) is 14.8. The van der Waals surface area contributed by atoms with Crippen LogP contribution >= 0.6 is 11.6 Å². The minimum absolute atomic E-state index is 0.0878. The first-order chi connectivity index (χ1) is 9.61. The Kier molecular flexibility index (Phi) is 4.99. The van der Waals surface area contributed by atoms with Crippen LogP contribution in [0, 0.1) is 6.92 Å². The van der Waals surface area contributed by atoms with Crippen LogP contribution in [0.25, 0.3) is 0 Å². The fraction of sp³-hybridized carbons (Fsp3) is 0.312. The van der Waals surface area contributed by atoms with E-state index in [0.29, 0.717) is 0 Å². The van der Waals surface area contributed by atoms with Crippen molar-refractivity contribution in [2.75, 3.05) is 0 Å². The van der Waals surface area contributed by atoms with Gasteiger partial charge in [-0.05, 0) is 43.2 Å². The Bertz CT molecular complexity index is 560. The number of benzene rings is 1.